The first kappa shape index (κ1) is 42.0. The summed E-state index contributed by atoms with van der Waals surface area (Å²) in [7, 11) is 1.70. The number of aliphatic imine (C=N–C) groups is 1. The average Bonchev–Trinajstić information content (AvgIpc) is 3.55. The SMILES string of the molecule is CCO[C@@H]1C2=NC(CS2)c2ccc3c(c2)c(c(-c2cccnc2[C@H](C)OC)n3CC)CC(C)(C)COC(=O)[C@@H]2CCCN(N2)C(=O)[C@H]1NC(=O)[C@@H]1[C@@H](C)[C@H]1c1ccncn1. The fourth-order valence-corrected chi connectivity index (χ4v) is 10.4. The van der Waals surface area contributed by atoms with Crippen LogP contribution in [-0.2, 0) is 41.6 Å². The number of nitrogens with one attached hydrogen (secondary N) is 2. The second kappa shape index (κ2) is 17.3. The maximum absolute atomic E-state index is 14.8. The summed E-state index contributed by atoms with van der Waals surface area (Å²) in [5.41, 5.74) is 9.69. The van der Waals surface area contributed by atoms with E-state index in [1.165, 1.54) is 11.3 Å². The van der Waals surface area contributed by atoms with Crippen LogP contribution in [0.25, 0.3) is 22.2 Å². The first-order valence-electron chi connectivity index (χ1n) is 21.2. The third-order valence-electron chi connectivity index (χ3n) is 12.5. The minimum Gasteiger partial charge on any atom is -0.464 e. The number of hydrogen-bond donors (Lipinski definition) is 2. The smallest absolute Gasteiger partial charge is 0.324 e. The van der Waals surface area contributed by atoms with Gasteiger partial charge in [-0.1, -0.05) is 26.8 Å². The molecular weight excluding hydrogens is 781 g/mol. The van der Waals surface area contributed by atoms with Gasteiger partial charge >= 0.3 is 5.97 Å². The van der Waals surface area contributed by atoms with Crippen molar-refractivity contribution in [1.29, 1.82) is 0 Å². The molecule has 0 radical (unpaired) electrons. The van der Waals surface area contributed by atoms with Crippen molar-refractivity contribution in [2.75, 3.05) is 32.6 Å². The molecule has 1 saturated carbocycles. The molecule has 14 nitrogen and oxygen atoms in total. The Hall–Kier alpha value is -4.70. The number of cyclic esters (lactones) is 1. The molecule has 60 heavy (non-hydrogen) atoms. The number of hydrazine groups is 1. The summed E-state index contributed by atoms with van der Waals surface area (Å²) < 4.78 is 20.7. The number of pyridine rings is 1. The fourth-order valence-electron chi connectivity index (χ4n) is 9.24. The van der Waals surface area contributed by atoms with E-state index in [2.05, 4.69) is 70.3 Å². The molecule has 3 aliphatic heterocycles. The minimum absolute atomic E-state index is 0.0230. The quantitative estimate of drug-likeness (QED) is 0.191. The van der Waals surface area contributed by atoms with E-state index in [0.717, 1.165) is 51.2 Å². The van der Waals surface area contributed by atoms with Crippen molar-refractivity contribution >= 4 is 45.5 Å². The molecule has 2 fully saturated rings. The monoisotopic (exact) mass is 836 g/mol. The van der Waals surface area contributed by atoms with Gasteiger partial charge in [0, 0.05) is 84.4 Å². The van der Waals surface area contributed by atoms with Crippen molar-refractivity contribution < 1.29 is 28.6 Å². The highest BCUT2D eigenvalue weighted by Gasteiger charge is 2.54. The third kappa shape index (κ3) is 8.08. The molecule has 6 heterocycles. The van der Waals surface area contributed by atoms with Gasteiger partial charge in [-0.25, -0.2) is 15.4 Å². The number of rotatable bonds is 9. The normalized spacial score (nSPS) is 27.2. The molecule has 6 bridgehead atoms. The van der Waals surface area contributed by atoms with Crippen LogP contribution in [0.4, 0.5) is 0 Å². The number of aryl methyl sites for hydroxylation is 1. The number of aromatic nitrogens is 4. The van der Waals surface area contributed by atoms with Gasteiger partial charge in [0.2, 0.25) is 5.91 Å². The summed E-state index contributed by atoms with van der Waals surface area (Å²) in [6.45, 7) is 13.8. The number of amides is 2. The number of methoxy groups -OCH3 is 1. The van der Waals surface area contributed by atoms with E-state index in [1.54, 1.807) is 31.3 Å². The predicted octanol–water partition coefficient (Wildman–Crippen LogP) is 5.97. The molecular formula is C45H56N8O6S. The number of carbonyl (C=O) groups is 3. The van der Waals surface area contributed by atoms with Crippen molar-refractivity contribution in [1.82, 2.24) is 35.3 Å². The van der Waals surface area contributed by atoms with E-state index in [-0.39, 0.29) is 49.0 Å². The molecule has 3 aromatic heterocycles. The van der Waals surface area contributed by atoms with Gasteiger partial charge in [-0.15, -0.1) is 11.8 Å². The molecule has 15 heteroatoms. The molecule has 2 amide bonds. The Morgan fingerprint density at radius 1 is 1.15 bits per heavy atom. The lowest BCUT2D eigenvalue weighted by Gasteiger charge is -2.37. The van der Waals surface area contributed by atoms with E-state index in [1.807, 2.05) is 32.9 Å². The zero-order valence-corrected chi connectivity index (χ0v) is 36.3. The van der Waals surface area contributed by atoms with Crippen LogP contribution in [-0.4, -0.2) is 98.2 Å². The second-order valence-corrected chi connectivity index (χ2v) is 18.2. The number of hydrogen-bond acceptors (Lipinski definition) is 12. The highest BCUT2D eigenvalue weighted by atomic mass is 32.2. The van der Waals surface area contributed by atoms with Crippen LogP contribution in [0.3, 0.4) is 0 Å². The number of fused-ring (bicyclic) bond motifs is 5. The molecule has 1 unspecified atom stereocenters. The number of thioether (sulfide) groups is 1. The van der Waals surface area contributed by atoms with Crippen molar-refractivity contribution in [3.8, 4) is 11.3 Å². The lowest BCUT2D eigenvalue weighted by molar-refractivity contribution is -0.156. The number of benzene rings is 1. The summed E-state index contributed by atoms with van der Waals surface area (Å²) in [4.78, 5) is 61.4. The summed E-state index contributed by atoms with van der Waals surface area (Å²) in [5.74, 6) is -0.882. The molecule has 8 atom stereocenters. The maximum atomic E-state index is 14.8. The van der Waals surface area contributed by atoms with Gasteiger partial charge in [0.1, 0.15) is 29.6 Å². The predicted molar refractivity (Wildman–Crippen MR) is 230 cm³/mol. The Kier molecular flexibility index (Phi) is 12.1. The Morgan fingerprint density at radius 2 is 1.98 bits per heavy atom. The first-order valence-corrected chi connectivity index (χ1v) is 22.2. The van der Waals surface area contributed by atoms with Gasteiger partial charge in [0.25, 0.3) is 5.91 Å². The third-order valence-corrected chi connectivity index (χ3v) is 13.6. The summed E-state index contributed by atoms with van der Waals surface area (Å²) >= 11 is 1.55. The van der Waals surface area contributed by atoms with E-state index >= 15 is 0 Å². The van der Waals surface area contributed by atoms with Crippen LogP contribution in [0, 0.1) is 17.3 Å². The fraction of sp³-hybridized carbons (Fsp3) is 0.533. The van der Waals surface area contributed by atoms with E-state index in [4.69, 9.17) is 24.2 Å². The van der Waals surface area contributed by atoms with Crippen LogP contribution in [0.15, 0.2) is 60.1 Å². The molecule has 1 saturated heterocycles. The van der Waals surface area contributed by atoms with Gasteiger partial charge in [-0.3, -0.25) is 29.4 Å². The molecule has 1 aromatic carbocycles. The van der Waals surface area contributed by atoms with Gasteiger partial charge < -0.3 is 24.1 Å². The van der Waals surface area contributed by atoms with Gasteiger partial charge in [0.05, 0.1) is 30.1 Å². The topological polar surface area (TPSA) is 162 Å². The number of ether oxygens (including phenoxy) is 3. The second-order valence-electron chi connectivity index (χ2n) is 17.1. The van der Waals surface area contributed by atoms with Crippen molar-refractivity contribution in [3.05, 3.63) is 77.6 Å². The van der Waals surface area contributed by atoms with Crippen LogP contribution < -0.4 is 10.7 Å². The Balaban J connectivity index is 1.23. The first-order chi connectivity index (χ1) is 28.9. The number of nitrogens with zero attached hydrogens (tertiary/aromatic N) is 6. The van der Waals surface area contributed by atoms with Crippen LogP contribution in [0.1, 0.15) is 95.0 Å². The summed E-state index contributed by atoms with van der Waals surface area (Å²) in [5, 5.41) is 6.33. The zero-order valence-electron chi connectivity index (χ0n) is 35.5. The average molecular weight is 837 g/mol. The Labute approximate surface area is 355 Å². The van der Waals surface area contributed by atoms with Crippen LogP contribution in [0.2, 0.25) is 0 Å². The Morgan fingerprint density at radius 3 is 2.73 bits per heavy atom. The molecule has 8 rings (SSSR count). The standard InChI is InChI=1S/C45H56N8O6S/c1-8-52-34-15-14-27-20-29(34)30(39(52)28-12-10-17-47-37(28)26(4)57-7)21-45(5,6)23-59-44(56)32-13-11-19-53(51-32)43(55)38(40(58-9-2)42-49-33(27)22-60-42)50-41(54)36-25(3)35(36)31-16-18-46-24-48-31/h10,12,14-18,20,24-26,32-33,35-36,38,40,51H,8-9,11,13,19,21-23H2,1-7H3,(H,50,54)/t25-,26-,32-,33?,35-,36+,38-,40-/m0/s1. The highest BCUT2D eigenvalue weighted by molar-refractivity contribution is 8.14. The molecule has 4 aliphatic rings. The lowest BCUT2D eigenvalue weighted by atomic mass is 9.84. The molecule has 0 spiro atoms. The minimum atomic E-state index is -1.11. The maximum Gasteiger partial charge on any atom is 0.324 e. The largest absolute Gasteiger partial charge is 0.464 e. The van der Waals surface area contributed by atoms with Crippen LogP contribution in [0.5, 0.6) is 0 Å². The van der Waals surface area contributed by atoms with Gasteiger partial charge in [0.15, 0.2) is 0 Å². The molecule has 2 N–H and O–H groups in total. The summed E-state index contributed by atoms with van der Waals surface area (Å²) in [6, 6.07) is 10.4. The number of esters is 1. The Bertz CT molecular complexity index is 2280. The lowest BCUT2D eigenvalue weighted by Crippen LogP contribution is -2.63. The highest BCUT2D eigenvalue weighted by Crippen LogP contribution is 2.53. The van der Waals surface area contributed by atoms with Gasteiger partial charge in [-0.2, -0.15) is 0 Å². The summed E-state index contributed by atoms with van der Waals surface area (Å²) in [6.07, 6.45) is 5.55. The molecule has 1 aliphatic carbocycles. The molecule has 318 valence electrons. The van der Waals surface area contributed by atoms with Crippen molar-refractivity contribution in [2.24, 2.45) is 22.2 Å². The van der Waals surface area contributed by atoms with E-state index in [0.29, 0.717) is 36.6 Å². The van der Waals surface area contributed by atoms with Crippen molar-refractivity contribution in [3.63, 3.8) is 0 Å². The van der Waals surface area contributed by atoms with E-state index in [9.17, 15) is 14.4 Å². The zero-order chi connectivity index (χ0) is 42.3. The van der Waals surface area contributed by atoms with Crippen molar-refractivity contribution in [2.45, 2.75) is 104 Å². The number of carbonyl (C=O) groups excluding carboxylic acids is 3. The van der Waals surface area contributed by atoms with Crippen LogP contribution >= 0.6 is 11.8 Å². The molecule has 4 aromatic rings. The van der Waals surface area contributed by atoms with Gasteiger partial charge in [-0.05, 0) is 87.4 Å². The van der Waals surface area contributed by atoms with E-state index < -0.39 is 35.5 Å².